The lowest BCUT2D eigenvalue weighted by Crippen LogP contribution is -2.33. The van der Waals surface area contributed by atoms with E-state index in [1.54, 1.807) is 24.3 Å². The number of pyridine rings is 1. The van der Waals surface area contributed by atoms with Gasteiger partial charge in [0.2, 0.25) is 5.75 Å². The molecule has 1 unspecified atom stereocenters. The molecule has 1 aromatic carbocycles. The summed E-state index contributed by atoms with van der Waals surface area (Å²) in [6.45, 7) is -5.94. The third-order valence-corrected chi connectivity index (χ3v) is 4.56. The van der Waals surface area contributed by atoms with Crippen LogP contribution in [0.15, 0.2) is 41.0 Å². The van der Waals surface area contributed by atoms with E-state index in [9.17, 15) is 10.1 Å². The first kappa shape index (κ1) is 15.3. The lowest BCUT2D eigenvalue weighted by Gasteiger charge is -2.29. The SMILES string of the molecule is [2H]C([2H])([2H])C(C#Cc1cccc(COc2cc(Br)cnc2[N+](=O)[O-])c1)(OC1CCCCO1)C([2H])([2H])[2H]. The highest BCUT2D eigenvalue weighted by molar-refractivity contribution is 9.10. The van der Waals surface area contributed by atoms with Gasteiger partial charge in [-0.25, -0.2) is 0 Å². The molecule has 1 fully saturated rings. The van der Waals surface area contributed by atoms with Crippen LogP contribution in [-0.4, -0.2) is 28.4 Å². The van der Waals surface area contributed by atoms with Crippen LogP contribution in [0.3, 0.4) is 0 Å². The van der Waals surface area contributed by atoms with Crippen LogP contribution >= 0.6 is 15.9 Å². The molecule has 1 aliphatic heterocycles. The highest BCUT2D eigenvalue weighted by Gasteiger charge is 2.24. The number of nitro groups is 1. The zero-order valence-electron chi connectivity index (χ0n) is 21.9. The van der Waals surface area contributed by atoms with Gasteiger partial charge in [-0.3, -0.25) is 0 Å². The Morgan fingerprint density at radius 2 is 2.30 bits per heavy atom. The summed E-state index contributed by atoms with van der Waals surface area (Å²) >= 11 is 3.19. The summed E-state index contributed by atoms with van der Waals surface area (Å²) in [6.07, 6.45) is 2.13. The summed E-state index contributed by atoms with van der Waals surface area (Å²) in [6, 6.07) is 7.84. The maximum Gasteiger partial charge on any atom is 0.406 e. The van der Waals surface area contributed by atoms with Crippen LogP contribution in [0.25, 0.3) is 0 Å². The van der Waals surface area contributed by atoms with Gasteiger partial charge in [-0.1, -0.05) is 24.0 Å². The van der Waals surface area contributed by atoms with Crippen LogP contribution in [0.1, 0.15) is 52.3 Å². The van der Waals surface area contributed by atoms with Crippen molar-refractivity contribution in [3.63, 3.8) is 0 Å². The second-order valence-corrected chi connectivity index (χ2v) is 7.48. The minimum Gasteiger partial charge on any atom is -0.481 e. The number of hydrogen-bond donors (Lipinski definition) is 0. The first-order valence-electron chi connectivity index (χ1n) is 12.2. The van der Waals surface area contributed by atoms with Crippen LogP contribution in [0.2, 0.25) is 0 Å². The first-order chi connectivity index (χ1) is 16.8. The third-order valence-electron chi connectivity index (χ3n) is 4.12. The van der Waals surface area contributed by atoms with E-state index in [0.29, 0.717) is 35.0 Å². The Hall–Kier alpha value is -2.47. The molecule has 0 bridgehead atoms. The summed E-state index contributed by atoms with van der Waals surface area (Å²) in [5.41, 5.74) is -1.90. The molecular formula is C22H23BrN2O5. The molecule has 1 saturated heterocycles. The van der Waals surface area contributed by atoms with Crippen LogP contribution in [0.5, 0.6) is 5.75 Å². The average molecular weight is 481 g/mol. The molecule has 0 aliphatic carbocycles. The fourth-order valence-electron chi connectivity index (χ4n) is 2.75. The van der Waals surface area contributed by atoms with Gasteiger partial charge in [0.05, 0.1) is 4.47 Å². The molecule has 2 aromatic rings. The van der Waals surface area contributed by atoms with Gasteiger partial charge in [-0.05, 0) is 76.5 Å². The first-order valence-corrected chi connectivity index (χ1v) is 9.96. The molecule has 0 radical (unpaired) electrons. The van der Waals surface area contributed by atoms with Crippen LogP contribution < -0.4 is 4.74 Å². The molecule has 0 saturated carbocycles. The lowest BCUT2D eigenvalue weighted by atomic mass is 10.1. The van der Waals surface area contributed by atoms with Crippen LogP contribution in [0.4, 0.5) is 5.82 Å². The minimum absolute atomic E-state index is 0.0458. The fraction of sp³-hybridized carbons (Fsp3) is 0.409. The molecular weight excluding hydrogens is 452 g/mol. The van der Waals surface area contributed by atoms with E-state index in [1.807, 2.05) is 0 Å². The van der Waals surface area contributed by atoms with Gasteiger partial charge in [0, 0.05) is 26.5 Å². The largest absolute Gasteiger partial charge is 0.481 e. The number of ether oxygens (including phenoxy) is 3. The van der Waals surface area contributed by atoms with E-state index < -0.39 is 36.3 Å². The highest BCUT2D eigenvalue weighted by Crippen LogP contribution is 2.28. The number of aromatic nitrogens is 1. The van der Waals surface area contributed by atoms with E-state index in [2.05, 4.69) is 32.8 Å². The maximum absolute atomic E-state index is 11.2. The van der Waals surface area contributed by atoms with E-state index in [0.717, 1.165) is 6.42 Å². The Balaban J connectivity index is 1.89. The van der Waals surface area contributed by atoms with Crippen LogP contribution in [0, 0.1) is 22.0 Å². The smallest absolute Gasteiger partial charge is 0.406 e. The van der Waals surface area contributed by atoms with Crippen LogP contribution in [-0.2, 0) is 16.1 Å². The van der Waals surface area contributed by atoms with Gasteiger partial charge in [0.15, 0.2) is 12.5 Å². The third kappa shape index (κ3) is 6.52. The van der Waals surface area contributed by atoms with Crippen molar-refractivity contribution >= 4 is 21.7 Å². The Kier molecular flexibility index (Phi) is 5.13. The van der Waals surface area contributed by atoms with E-state index in [-0.39, 0.29) is 12.4 Å². The van der Waals surface area contributed by atoms with E-state index >= 15 is 0 Å². The molecule has 1 atom stereocenters. The number of nitrogens with zero attached hydrogens (tertiary/aromatic N) is 2. The summed E-state index contributed by atoms with van der Waals surface area (Å²) in [5, 5.41) is 11.2. The van der Waals surface area contributed by atoms with Crippen molar-refractivity contribution in [2.24, 2.45) is 0 Å². The number of halogens is 1. The molecule has 7 nitrogen and oxygen atoms in total. The number of rotatable bonds is 6. The van der Waals surface area contributed by atoms with Gasteiger partial charge in [0.25, 0.3) is 0 Å². The Morgan fingerprint density at radius 3 is 3.03 bits per heavy atom. The highest BCUT2D eigenvalue weighted by atomic mass is 79.9. The molecule has 2 heterocycles. The summed E-state index contributed by atoms with van der Waals surface area (Å²) in [4.78, 5) is 14.3. The zero-order chi connectivity index (χ0) is 26.6. The summed E-state index contributed by atoms with van der Waals surface area (Å²) in [7, 11) is 0. The fourth-order valence-corrected chi connectivity index (χ4v) is 3.06. The molecule has 0 spiro atoms. The Morgan fingerprint density at radius 1 is 1.43 bits per heavy atom. The van der Waals surface area contributed by atoms with Gasteiger partial charge in [-0.15, -0.1) is 0 Å². The number of hydrogen-bond acceptors (Lipinski definition) is 6. The average Bonchev–Trinajstić information content (AvgIpc) is 2.79. The normalized spacial score (nSPS) is 20.2. The van der Waals surface area contributed by atoms with Crippen molar-refractivity contribution < 1.29 is 27.4 Å². The predicted molar refractivity (Wildman–Crippen MR) is 115 cm³/mol. The molecule has 0 amide bonds. The standard InChI is InChI=1S/C22H23BrN2O5/c1-22(2,30-20-8-3-4-11-28-20)10-9-16-6-5-7-17(12-16)15-29-19-13-18(23)14-24-21(19)25(26)27/h5-7,12-14,20H,3-4,8,11,15H2,1-2H3/i1D3,2D3. The molecule has 8 heteroatoms. The van der Waals surface area contributed by atoms with Gasteiger partial charge < -0.3 is 24.3 Å². The van der Waals surface area contributed by atoms with Gasteiger partial charge >= 0.3 is 5.82 Å². The topological polar surface area (TPSA) is 83.7 Å². The Bertz CT molecular complexity index is 1140. The minimum atomic E-state index is -3.10. The van der Waals surface area contributed by atoms with Crippen molar-refractivity contribution in [3.05, 3.63) is 62.2 Å². The van der Waals surface area contributed by atoms with Crippen molar-refractivity contribution in [2.45, 2.75) is 51.5 Å². The van der Waals surface area contributed by atoms with E-state index in [1.165, 1.54) is 12.3 Å². The molecule has 0 N–H and O–H groups in total. The number of benzene rings is 1. The maximum atomic E-state index is 11.2. The quantitative estimate of drug-likeness (QED) is 0.328. The van der Waals surface area contributed by atoms with Crippen molar-refractivity contribution in [2.75, 3.05) is 6.61 Å². The second-order valence-electron chi connectivity index (χ2n) is 6.57. The van der Waals surface area contributed by atoms with Crippen molar-refractivity contribution in [1.29, 1.82) is 0 Å². The lowest BCUT2D eigenvalue weighted by molar-refractivity contribution is -0.390. The zero-order valence-corrected chi connectivity index (χ0v) is 17.5. The van der Waals surface area contributed by atoms with E-state index in [4.69, 9.17) is 22.4 Å². The summed E-state index contributed by atoms with van der Waals surface area (Å²) < 4.78 is 64.8. The van der Waals surface area contributed by atoms with Crippen molar-refractivity contribution in [1.82, 2.24) is 4.98 Å². The second kappa shape index (κ2) is 10.0. The molecule has 3 rings (SSSR count). The molecule has 1 aliphatic rings. The molecule has 1 aromatic heterocycles. The van der Waals surface area contributed by atoms with Crippen molar-refractivity contribution in [3.8, 4) is 17.6 Å². The molecule has 158 valence electrons. The van der Waals surface area contributed by atoms with Gasteiger partial charge in [0.1, 0.15) is 12.2 Å². The predicted octanol–water partition coefficient (Wildman–Crippen LogP) is 5.00. The Labute approximate surface area is 192 Å². The monoisotopic (exact) mass is 480 g/mol. The van der Waals surface area contributed by atoms with Gasteiger partial charge in [-0.2, -0.15) is 0 Å². The summed E-state index contributed by atoms with van der Waals surface area (Å²) in [5.74, 6) is 4.52. The molecule has 30 heavy (non-hydrogen) atoms.